The first kappa shape index (κ1) is 19.7. The van der Waals surface area contributed by atoms with Gasteiger partial charge in [0, 0.05) is 14.1 Å². The number of sulfonamides is 1. The Morgan fingerprint density at radius 1 is 1.20 bits per heavy atom. The average Bonchev–Trinajstić information content (AvgIpc) is 3.05. The van der Waals surface area contributed by atoms with Crippen LogP contribution in [0.1, 0.15) is 33.3 Å². The topological polar surface area (TPSA) is 63.7 Å². The molecule has 1 aliphatic carbocycles. The van der Waals surface area contributed by atoms with E-state index in [1.54, 1.807) is 12.1 Å². The van der Waals surface area contributed by atoms with Crippen LogP contribution in [0.4, 0.5) is 0 Å². The monoisotopic (exact) mass is 365 g/mol. The Balaban J connectivity index is 1.99. The molecular formula is C19H27NO4S. The molecule has 0 saturated heterocycles. The maximum atomic E-state index is 12.3. The molecule has 1 fully saturated rings. The van der Waals surface area contributed by atoms with Crippen LogP contribution >= 0.6 is 0 Å². The molecule has 0 unspecified atom stereocenters. The lowest BCUT2D eigenvalue weighted by molar-refractivity contribution is -0.147. The van der Waals surface area contributed by atoms with Crippen LogP contribution in [0.2, 0.25) is 0 Å². The summed E-state index contributed by atoms with van der Waals surface area (Å²) in [5, 5.41) is 0. The number of esters is 1. The van der Waals surface area contributed by atoms with Gasteiger partial charge < -0.3 is 4.74 Å². The Labute approximate surface area is 150 Å². The van der Waals surface area contributed by atoms with Crippen LogP contribution in [0.15, 0.2) is 40.8 Å². The molecule has 6 heteroatoms. The minimum atomic E-state index is -3.44. The molecule has 0 aliphatic heterocycles. The van der Waals surface area contributed by atoms with Gasteiger partial charge in [-0.2, -0.15) is 0 Å². The Morgan fingerprint density at radius 2 is 1.76 bits per heavy atom. The van der Waals surface area contributed by atoms with Crippen molar-refractivity contribution in [1.29, 1.82) is 0 Å². The number of hydrogen-bond donors (Lipinski definition) is 0. The molecule has 5 nitrogen and oxygen atoms in total. The van der Waals surface area contributed by atoms with Crippen LogP contribution in [-0.2, 0) is 26.2 Å². The predicted molar refractivity (Wildman–Crippen MR) is 97.3 cm³/mol. The second-order valence-corrected chi connectivity index (χ2v) is 9.76. The lowest BCUT2D eigenvalue weighted by atomic mass is 10.1. The van der Waals surface area contributed by atoms with Crippen molar-refractivity contribution < 1.29 is 17.9 Å². The Kier molecular flexibility index (Phi) is 5.44. The molecule has 138 valence electrons. The fourth-order valence-corrected chi connectivity index (χ4v) is 3.91. The minimum absolute atomic E-state index is 0.0714. The van der Waals surface area contributed by atoms with Crippen LogP contribution in [-0.4, -0.2) is 32.8 Å². The summed E-state index contributed by atoms with van der Waals surface area (Å²) >= 11 is 0. The van der Waals surface area contributed by atoms with E-state index in [0.717, 1.165) is 5.56 Å². The van der Waals surface area contributed by atoms with E-state index in [9.17, 15) is 13.2 Å². The average molecular weight is 365 g/mol. The Morgan fingerprint density at radius 3 is 2.24 bits per heavy atom. The van der Waals surface area contributed by atoms with Crippen LogP contribution < -0.4 is 0 Å². The molecule has 0 spiro atoms. The molecule has 0 aromatic heterocycles. The largest absolute Gasteiger partial charge is 0.461 e. The van der Waals surface area contributed by atoms with Gasteiger partial charge in [-0.05, 0) is 42.9 Å². The number of carbonyl (C=O) groups is 1. The standard InChI is InChI=1S/C19H27NO4S/c1-13(2)11-16-17(19(16,3)4)18(21)24-12-14-7-9-15(10-8-14)25(22,23)20(5)6/h7-11,16-17H,12H2,1-6H3/t16-,17+/m1/s1. The van der Waals surface area contributed by atoms with E-state index in [-0.39, 0.29) is 34.7 Å². The van der Waals surface area contributed by atoms with Gasteiger partial charge in [0.1, 0.15) is 6.61 Å². The first-order valence-electron chi connectivity index (χ1n) is 8.31. The highest BCUT2D eigenvalue weighted by atomic mass is 32.2. The van der Waals surface area contributed by atoms with Gasteiger partial charge in [0.2, 0.25) is 10.0 Å². The summed E-state index contributed by atoms with van der Waals surface area (Å²) < 4.78 is 30.7. The van der Waals surface area contributed by atoms with Gasteiger partial charge in [-0.3, -0.25) is 4.79 Å². The minimum Gasteiger partial charge on any atom is -0.461 e. The summed E-state index contributed by atoms with van der Waals surface area (Å²) in [7, 11) is -0.461. The molecule has 0 bridgehead atoms. The lowest BCUT2D eigenvalue weighted by Crippen LogP contribution is -2.22. The normalized spacial score (nSPS) is 21.7. The maximum Gasteiger partial charge on any atom is 0.310 e. The van der Waals surface area contributed by atoms with Gasteiger partial charge in [-0.25, -0.2) is 12.7 Å². The molecule has 2 atom stereocenters. The van der Waals surface area contributed by atoms with Crippen LogP contribution in [0.3, 0.4) is 0 Å². The van der Waals surface area contributed by atoms with E-state index in [0.29, 0.717) is 0 Å². The maximum absolute atomic E-state index is 12.3. The van der Waals surface area contributed by atoms with Gasteiger partial charge in [0.15, 0.2) is 0 Å². The summed E-state index contributed by atoms with van der Waals surface area (Å²) in [6.07, 6.45) is 2.13. The van der Waals surface area contributed by atoms with E-state index < -0.39 is 10.0 Å². The summed E-state index contributed by atoms with van der Waals surface area (Å²) in [5.74, 6) is -0.0918. The molecule has 2 rings (SSSR count). The van der Waals surface area contributed by atoms with Crippen molar-refractivity contribution in [1.82, 2.24) is 4.31 Å². The number of ether oxygens (including phenoxy) is 1. The van der Waals surface area contributed by atoms with Gasteiger partial charge in [-0.1, -0.05) is 37.6 Å². The van der Waals surface area contributed by atoms with Crippen molar-refractivity contribution in [2.45, 2.75) is 39.2 Å². The van der Waals surface area contributed by atoms with Crippen LogP contribution in [0.25, 0.3) is 0 Å². The molecule has 1 aromatic rings. The highest BCUT2D eigenvalue weighted by Gasteiger charge is 2.61. The third kappa shape index (κ3) is 4.12. The molecule has 0 radical (unpaired) electrons. The van der Waals surface area contributed by atoms with Crippen molar-refractivity contribution in [2.75, 3.05) is 14.1 Å². The zero-order valence-corrected chi connectivity index (χ0v) is 16.6. The molecular weight excluding hydrogens is 338 g/mol. The second kappa shape index (κ2) is 6.92. The molecule has 1 aromatic carbocycles. The first-order valence-corrected chi connectivity index (χ1v) is 9.75. The van der Waals surface area contributed by atoms with E-state index in [2.05, 4.69) is 19.9 Å². The SMILES string of the molecule is CC(C)=C[C@@H]1[C@@H](C(=O)OCc2ccc(S(=O)(=O)N(C)C)cc2)C1(C)C. The van der Waals surface area contributed by atoms with Crippen LogP contribution in [0, 0.1) is 17.3 Å². The van der Waals surface area contributed by atoms with Crippen molar-refractivity contribution in [3.05, 3.63) is 41.5 Å². The van der Waals surface area contributed by atoms with Crippen molar-refractivity contribution >= 4 is 16.0 Å². The van der Waals surface area contributed by atoms with E-state index in [4.69, 9.17) is 4.74 Å². The lowest BCUT2D eigenvalue weighted by Gasteiger charge is -2.12. The summed E-state index contributed by atoms with van der Waals surface area (Å²) in [4.78, 5) is 12.6. The molecule has 1 saturated carbocycles. The third-order valence-corrected chi connectivity index (χ3v) is 6.59. The first-order chi connectivity index (χ1) is 11.5. The van der Waals surface area contributed by atoms with Gasteiger partial charge in [0.25, 0.3) is 0 Å². The zero-order chi connectivity index (χ0) is 19.0. The van der Waals surface area contributed by atoms with Gasteiger partial charge >= 0.3 is 5.97 Å². The predicted octanol–water partition coefficient (Wildman–Crippen LogP) is 3.22. The highest BCUT2D eigenvalue weighted by molar-refractivity contribution is 7.89. The molecule has 0 amide bonds. The number of allylic oxidation sites excluding steroid dienone is 2. The quantitative estimate of drug-likeness (QED) is 0.573. The zero-order valence-electron chi connectivity index (χ0n) is 15.7. The molecule has 1 aliphatic rings. The van der Waals surface area contributed by atoms with E-state index in [1.807, 2.05) is 13.8 Å². The third-order valence-electron chi connectivity index (χ3n) is 4.76. The fourth-order valence-electron chi connectivity index (χ4n) is 3.01. The summed E-state index contributed by atoms with van der Waals surface area (Å²) in [5.41, 5.74) is 1.90. The summed E-state index contributed by atoms with van der Waals surface area (Å²) in [6.45, 7) is 8.35. The van der Waals surface area contributed by atoms with E-state index >= 15 is 0 Å². The second-order valence-electron chi connectivity index (χ2n) is 7.61. The smallest absolute Gasteiger partial charge is 0.310 e. The van der Waals surface area contributed by atoms with Crippen LogP contribution in [0.5, 0.6) is 0 Å². The Hall–Kier alpha value is -1.66. The molecule has 25 heavy (non-hydrogen) atoms. The molecule has 0 heterocycles. The van der Waals surface area contributed by atoms with Gasteiger partial charge in [0.05, 0.1) is 10.8 Å². The van der Waals surface area contributed by atoms with Gasteiger partial charge in [-0.15, -0.1) is 0 Å². The van der Waals surface area contributed by atoms with Crippen molar-refractivity contribution in [3.63, 3.8) is 0 Å². The number of hydrogen-bond acceptors (Lipinski definition) is 4. The Bertz CT molecular complexity index is 772. The van der Waals surface area contributed by atoms with Crippen molar-refractivity contribution in [3.8, 4) is 0 Å². The number of carbonyl (C=O) groups excluding carboxylic acids is 1. The number of rotatable bonds is 6. The fraction of sp³-hybridized carbons (Fsp3) is 0.526. The van der Waals surface area contributed by atoms with Crippen molar-refractivity contribution in [2.24, 2.45) is 17.3 Å². The highest BCUT2D eigenvalue weighted by Crippen LogP contribution is 2.59. The number of benzene rings is 1. The molecule has 0 N–H and O–H groups in total. The number of nitrogens with zero attached hydrogens (tertiary/aromatic N) is 1. The summed E-state index contributed by atoms with van der Waals surface area (Å²) in [6, 6.07) is 6.42. The van der Waals surface area contributed by atoms with E-state index in [1.165, 1.54) is 36.1 Å².